The van der Waals surface area contributed by atoms with Crippen molar-refractivity contribution in [1.82, 2.24) is 0 Å². The third-order valence-corrected chi connectivity index (χ3v) is 9.64. The highest BCUT2D eigenvalue weighted by Crippen LogP contribution is 2.19. The van der Waals surface area contributed by atoms with Crippen molar-refractivity contribution in [3.8, 4) is 0 Å². The molecule has 0 aromatic heterocycles. The summed E-state index contributed by atoms with van der Waals surface area (Å²) in [6.07, 6.45) is 22.0. The van der Waals surface area contributed by atoms with Crippen molar-refractivity contribution in [1.29, 1.82) is 0 Å². The van der Waals surface area contributed by atoms with Crippen LogP contribution in [-0.2, 0) is 38.2 Å². The Morgan fingerprint density at radius 2 is 0.981 bits per heavy atom. The molecule has 4 unspecified atom stereocenters. The van der Waals surface area contributed by atoms with Crippen LogP contribution in [0.3, 0.4) is 0 Å². The molecule has 0 fully saturated rings. The molecule has 0 aliphatic carbocycles. The molecule has 12 heteroatoms. The molecule has 0 saturated heterocycles. The molecule has 53 heavy (non-hydrogen) atoms. The van der Waals surface area contributed by atoms with Gasteiger partial charge in [-0.1, -0.05) is 129 Å². The zero-order valence-electron chi connectivity index (χ0n) is 33.2. The van der Waals surface area contributed by atoms with Crippen LogP contribution in [0.4, 0.5) is 0 Å². The summed E-state index contributed by atoms with van der Waals surface area (Å²) in [4.78, 5) is 59.0. The van der Waals surface area contributed by atoms with Crippen LogP contribution in [0.15, 0.2) is 0 Å². The van der Waals surface area contributed by atoms with Crippen LogP contribution < -0.4 is 5.73 Å². The van der Waals surface area contributed by atoms with Gasteiger partial charge in [-0.25, -0.2) is 0 Å². The predicted molar refractivity (Wildman–Crippen MR) is 205 cm³/mol. The summed E-state index contributed by atoms with van der Waals surface area (Å²) in [5.74, 6) is -4.88. The van der Waals surface area contributed by atoms with E-state index in [1.54, 1.807) is 0 Å². The van der Waals surface area contributed by atoms with Crippen molar-refractivity contribution >= 4 is 29.8 Å². The highest BCUT2D eigenvalue weighted by molar-refractivity contribution is 5.93. The Labute approximate surface area is 319 Å². The molecule has 0 bridgehead atoms. The van der Waals surface area contributed by atoms with Crippen LogP contribution in [0.1, 0.15) is 194 Å². The summed E-state index contributed by atoms with van der Waals surface area (Å²) in [7, 11) is 0. The highest BCUT2D eigenvalue weighted by Gasteiger charge is 2.27. The fourth-order valence-electron chi connectivity index (χ4n) is 6.16. The van der Waals surface area contributed by atoms with Crippen molar-refractivity contribution < 1.29 is 53.5 Å². The lowest BCUT2D eigenvalue weighted by Crippen LogP contribution is -2.33. The first-order chi connectivity index (χ1) is 25.5. The quantitative estimate of drug-likeness (QED) is 0.0203. The molecule has 12 nitrogen and oxygen atoms in total. The van der Waals surface area contributed by atoms with Gasteiger partial charge in [-0.2, -0.15) is 0 Å². The monoisotopic (exact) mass is 758 g/mol. The van der Waals surface area contributed by atoms with Gasteiger partial charge in [-0.15, -0.1) is 0 Å². The predicted octanol–water partition coefficient (Wildman–Crippen LogP) is 8.42. The van der Waals surface area contributed by atoms with Gasteiger partial charge in [0.05, 0.1) is 19.3 Å². The molecule has 4 atom stereocenters. The van der Waals surface area contributed by atoms with Crippen LogP contribution in [-0.4, -0.2) is 76.6 Å². The number of esters is 3. The average Bonchev–Trinajstić information content (AvgIpc) is 3.12. The third kappa shape index (κ3) is 30.3. The standard InChI is InChI=1S/C41H75NO11/c1-3-5-7-8-9-10-13-16-20-25-33(39(46)47)41(50)52-32-24-23-31-51-37(44)28-22-18-15-12-11-14-17-21-26-35(43)36(27-19-6-4-2)53-38(45)30-29-34(42)40(48)49/h33-36,43H,3-32,42H2,1-2H3,(H,46,47)(H,48,49). The molecule has 0 amide bonds. The first kappa shape index (κ1) is 50.3. The molecule has 310 valence electrons. The lowest BCUT2D eigenvalue weighted by atomic mass is 9.99. The van der Waals surface area contributed by atoms with Crippen molar-refractivity contribution in [3.05, 3.63) is 0 Å². The van der Waals surface area contributed by atoms with Gasteiger partial charge in [0.2, 0.25) is 0 Å². The molecular formula is C41H75NO11. The topological polar surface area (TPSA) is 200 Å². The Hall–Kier alpha value is -2.73. The van der Waals surface area contributed by atoms with E-state index in [1.165, 1.54) is 32.1 Å². The second-order valence-corrected chi connectivity index (χ2v) is 14.5. The molecule has 0 rings (SSSR count). The fourth-order valence-corrected chi connectivity index (χ4v) is 6.16. The van der Waals surface area contributed by atoms with E-state index < -0.39 is 48.0 Å². The van der Waals surface area contributed by atoms with Gasteiger partial charge in [0.25, 0.3) is 0 Å². The smallest absolute Gasteiger partial charge is 0.320 e. The van der Waals surface area contributed by atoms with Crippen molar-refractivity contribution in [2.45, 2.75) is 212 Å². The minimum atomic E-state index is -1.16. The molecular weight excluding hydrogens is 682 g/mol. The van der Waals surface area contributed by atoms with Gasteiger partial charge in [0.15, 0.2) is 5.92 Å². The Bertz CT molecular complexity index is 960. The second kappa shape index (κ2) is 35.0. The van der Waals surface area contributed by atoms with E-state index in [0.29, 0.717) is 44.9 Å². The van der Waals surface area contributed by atoms with E-state index in [1.807, 2.05) is 0 Å². The number of aliphatic carboxylic acids is 2. The average molecular weight is 758 g/mol. The normalized spacial score (nSPS) is 13.5. The first-order valence-electron chi connectivity index (χ1n) is 20.9. The maximum Gasteiger partial charge on any atom is 0.320 e. The number of hydrogen-bond acceptors (Lipinski definition) is 10. The maximum absolute atomic E-state index is 12.3. The number of ether oxygens (including phenoxy) is 3. The van der Waals surface area contributed by atoms with E-state index >= 15 is 0 Å². The van der Waals surface area contributed by atoms with Gasteiger partial charge in [0, 0.05) is 12.8 Å². The fraction of sp³-hybridized carbons (Fsp3) is 0.878. The molecule has 0 heterocycles. The lowest BCUT2D eigenvalue weighted by molar-refractivity contribution is -0.160. The minimum absolute atomic E-state index is 0.00312. The Morgan fingerprint density at radius 1 is 0.509 bits per heavy atom. The van der Waals surface area contributed by atoms with Gasteiger partial charge < -0.3 is 35.3 Å². The van der Waals surface area contributed by atoms with Crippen molar-refractivity contribution in [3.63, 3.8) is 0 Å². The molecule has 0 aliphatic rings. The molecule has 0 aromatic rings. The van der Waals surface area contributed by atoms with Crippen LogP contribution >= 0.6 is 0 Å². The summed E-state index contributed by atoms with van der Waals surface area (Å²) < 4.78 is 16.0. The Balaban J connectivity index is 3.91. The summed E-state index contributed by atoms with van der Waals surface area (Å²) in [5, 5.41) is 29.1. The highest BCUT2D eigenvalue weighted by atomic mass is 16.6. The van der Waals surface area contributed by atoms with Crippen LogP contribution in [0.25, 0.3) is 0 Å². The zero-order chi connectivity index (χ0) is 39.5. The number of hydrogen-bond donors (Lipinski definition) is 4. The number of carboxylic acids is 2. The Morgan fingerprint density at radius 3 is 1.53 bits per heavy atom. The number of aliphatic hydroxyl groups excluding tert-OH is 1. The first-order valence-corrected chi connectivity index (χ1v) is 20.9. The van der Waals surface area contributed by atoms with E-state index in [-0.39, 0.29) is 32.0 Å². The van der Waals surface area contributed by atoms with Gasteiger partial charge in [-0.3, -0.25) is 24.0 Å². The number of nitrogens with two attached hydrogens (primary N) is 1. The molecule has 0 spiro atoms. The Kier molecular flexibility index (Phi) is 33.2. The molecule has 0 radical (unpaired) electrons. The minimum Gasteiger partial charge on any atom is -0.481 e. The van der Waals surface area contributed by atoms with Crippen molar-refractivity contribution in [2.24, 2.45) is 11.7 Å². The second-order valence-electron chi connectivity index (χ2n) is 14.5. The van der Waals surface area contributed by atoms with Gasteiger partial charge in [0.1, 0.15) is 12.1 Å². The van der Waals surface area contributed by atoms with E-state index in [2.05, 4.69) is 13.8 Å². The number of carbonyl (C=O) groups excluding carboxylic acids is 3. The molecule has 0 saturated carbocycles. The number of rotatable bonds is 38. The molecule has 5 N–H and O–H groups in total. The third-order valence-electron chi connectivity index (χ3n) is 9.64. The maximum atomic E-state index is 12.3. The molecule has 0 aromatic carbocycles. The summed E-state index contributed by atoms with van der Waals surface area (Å²) >= 11 is 0. The van der Waals surface area contributed by atoms with E-state index in [9.17, 15) is 34.2 Å². The van der Waals surface area contributed by atoms with E-state index in [0.717, 1.165) is 89.9 Å². The van der Waals surface area contributed by atoms with Crippen molar-refractivity contribution in [2.75, 3.05) is 13.2 Å². The SMILES string of the molecule is CCCCCCCCCCCC(C(=O)O)C(=O)OCCCCOC(=O)CCCCCCCCCCC(O)C(CCCCC)OC(=O)CCC(N)C(=O)O. The van der Waals surface area contributed by atoms with Crippen LogP contribution in [0.2, 0.25) is 0 Å². The number of aliphatic hydroxyl groups is 1. The molecule has 0 aliphatic heterocycles. The summed E-state index contributed by atoms with van der Waals surface area (Å²) in [6.45, 7) is 4.63. The number of carboxylic acid groups (broad SMARTS) is 2. The zero-order valence-corrected chi connectivity index (χ0v) is 33.2. The van der Waals surface area contributed by atoms with Crippen LogP contribution in [0.5, 0.6) is 0 Å². The largest absolute Gasteiger partial charge is 0.481 e. The summed E-state index contributed by atoms with van der Waals surface area (Å²) in [6, 6.07) is -1.11. The lowest BCUT2D eigenvalue weighted by Gasteiger charge is -2.23. The van der Waals surface area contributed by atoms with Crippen LogP contribution in [0, 0.1) is 5.92 Å². The summed E-state index contributed by atoms with van der Waals surface area (Å²) in [5.41, 5.74) is 5.48. The van der Waals surface area contributed by atoms with E-state index in [4.69, 9.17) is 25.1 Å². The number of carbonyl (C=O) groups is 5. The van der Waals surface area contributed by atoms with Gasteiger partial charge in [-0.05, 0) is 51.4 Å². The van der Waals surface area contributed by atoms with Gasteiger partial charge >= 0.3 is 29.8 Å². The number of unbranched alkanes of at least 4 members (excludes halogenated alkanes) is 18.